The fourth-order valence-corrected chi connectivity index (χ4v) is 2.31. The SMILES string of the molecule is Cc1cc(N2CCC(F)(F)CC2)n2nccc2n1. The zero-order valence-electron chi connectivity index (χ0n) is 10.1. The molecule has 0 N–H and O–H groups in total. The van der Waals surface area contributed by atoms with E-state index in [2.05, 4.69) is 10.1 Å². The Morgan fingerprint density at radius 3 is 2.72 bits per heavy atom. The maximum Gasteiger partial charge on any atom is 0.251 e. The maximum atomic E-state index is 13.2. The van der Waals surface area contributed by atoms with E-state index < -0.39 is 5.92 Å². The number of aryl methyl sites for hydroxylation is 1. The average molecular weight is 252 g/mol. The molecular formula is C12H14F2N4. The summed E-state index contributed by atoms with van der Waals surface area (Å²) in [5.74, 6) is -1.68. The number of piperidine rings is 1. The molecule has 18 heavy (non-hydrogen) atoms. The molecule has 0 bridgehead atoms. The molecule has 6 heteroatoms. The average Bonchev–Trinajstić information content (AvgIpc) is 2.76. The van der Waals surface area contributed by atoms with Crippen LogP contribution in [0.2, 0.25) is 0 Å². The molecule has 0 spiro atoms. The van der Waals surface area contributed by atoms with E-state index in [1.54, 1.807) is 10.7 Å². The molecule has 0 aromatic carbocycles. The Bertz CT molecular complexity index is 568. The van der Waals surface area contributed by atoms with Gasteiger partial charge in [-0.1, -0.05) is 0 Å². The number of fused-ring (bicyclic) bond motifs is 1. The van der Waals surface area contributed by atoms with Gasteiger partial charge >= 0.3 is 0 Å². The summed E-state index contributed by atoms with van der Waals surface area (Å²) in [7, 11) is 0. The van der Waals surface area contributed by atoms with Crippen molar-refractivity contribution in [1.29, 1.82) is 0 Å². The standard InChI is InChI=1S/C12H14F2N4/c1-9-8-11(18-10(16-9)2-5-15-18)17-6-3-12(13,14)4-7-17/h2,5,8H,3-4,6-7H2,1H3. The highest BCUT2D eigenvalue weighted by molar-refractivity contribution is 5.50. The van der Waals surface area contributed by atoms with Crippen LogP contribution in [-0.2, 0) is 0 Å². The summed E-state index contributed by atoms with van der Waals surface area (Å²) >= 11 is 0. The number of rotatable bonds is 1. The second-order valence-electron chi connectivity index (χ2n) is 4.70. The van der Waals surface area contributed by atoms with Gasteiger partial charge in [0.05, 0.1) is 6.20 Å². The molecule has 96 valence electrons. The fraction of sp³-hybridized carbons (Fsp3) is 0.500. The number of halogens is 2. The second-order valence-corrected chi connectivity index (χ2v) is 4.70. The lowest BCUT2D eigenvalue weighted by Gasteiger charge is -2.33. The molecule has 3 rings (SSSR count). The Balaban J connectivity index is 1.97. The minimum absolute atomic E-state index is 0.100. The van der Waals surface area contributed by atoms with Crippen LogP contribution in [0.1, 0.15) is 18.5 Å². The van der Waals surface area contributed by atoms with E-state index >= 15 is 0 Å². The number of alkyl halides is 2. The molecule has 2 aromatic rings. The van der Waals surface area contributed by atoms with Gasteiger partial charge in [0.15, 0.2) is 5.65 Å². The van der Waals surface area contributed by atoms with Gasteiger partial charge in [0.2, 0.25) is 0 Å². The predicted molar refractivity (Wildman–Crippen MR) is 64.1 cm³/mol. The summed E-state index contributed by atoms with van der Waals surface area (Å²) in [6.07, 6.45) is 1.47. The van der Waals surface area contributed by atoms with Gasteiger partial charge in [-0.25, -0.2) is 13.8 Å². The van der Waals surface area contributed by atoms with Gasteiger partial charge in [0.1, 0.15) is 5.82 Å². The van der Waals surface area contributed by atoms with Crippen molar-refractivity contribution < 1.29 is 8.78 Å². The largest absolute Gasteiger partial charge is 0.356 e. The van der Waals surface area contributed by atoms with Gasteiger partial charge in [-0.3, -0.25) is 0 Å². The zero-order valence-corrected chi connectivity index (χ0v) is 10.1. The van der Waals surface area contributed by atoms with E-state index in [0.29, 0.717) is 13.1 Å². The Labute approximate surface area is 103 Å². The first-order valence-electron chi connectivity index (χ1n) is 5.99. The van der Waals surface area contributed by atoms with Crippen molar-refractivity contribution in [3.63, 3.8) is 0 Å². The van der Waals surface area contributed by atoms with Crippen LogP contribution in [-0.4, -0.2) is 33.6 Å². The summed E-state index contributed by atoms with van der Waals surface area (Å²) in [6, 6.07) is 3.71. The molecule has 2 aromatic heterocycles. The molecular weight excluding hydrogens is 238 g/mol. The fourth-order valence-electron chi connectivity index (χ4n) is 2.31. The molecule has 3 heterocycles. The highest BCUT2D eigenvalue weighted by Gasteiger charge is 2.34. The molecule has 4 nitrogen and oxygen atoms in total. The Morgan fingerprint density at radius 2 is 2.00 bits per heavy atom. The third kappa shape index (κ3) is 1.91. The molecule has 0 amide bonds. The number of hydrogen-bond acceptors (Lipinski definition) is 3. The van der Waals surface area contributed by atoms with Gasteiger partial charge in [0, 0.05) is 43.8 Å². The summed E-state index contributed by atoms with van der Waals surface area (Å²) in [5.41, 5.74) is 1.62. The first-order valence-corrected chi connectivity index (χ1v) is 5.99. The van der Waals surface area contributed by atoms with Crippen LogP contribution in [0.3, 0.4) is 0 Å². The van der Waals surface area contributed by atoms with E-state index in [-0.39, 0.29) is 12.8 Å². The van der Waals surface area contributed by atoms with Gasteiger partial charge < -0.3 is 4.90 Å². The van der Waals surface area contributed by atoms with E-state index in [9.17, 15) is 8.78 Å². The van der Waals surface area contributed by atoms with Crippen LogP contribution in [0.4, 0.5) is 14.6 Å². The minimum Gasteiger partial charge on any atom is -0.356 e. The van der Waals surface area contributed by atoms with Crippen LogP contribution in [0.15, 0.2) is 18.3 Å². The normalized spacial score (nSPS) is 19.4. The summed E-state index contributed by atoms with van der Waals surface area (Å²) in [6.45, 7) is 2.60. The van der Waals surface area contributed by atoms with Crippen molar-refractivity contribution >= 4 is 11.5 Å². The van der Waals surface area contributed by atoms with Crippen molar-refractivity contribution in [2.24, 2.45) is 0 Å². The monoisotopic (exact) mass is 252 g/mol. The second kappa shape index (κ2) is 3.90. The molecule has 1 aliphatic heterocycles. The smallest absolute Gasteiger partial charge is 0.251 e. The minimum atomic E-state index is -2.53. The zero-order chi connectivity index (χ0) is 12.8. The van der Waals surface area contributed by atoms with Crippen LogP contribution >= 0.6 is 0 Å². The number of hydrogen-bond donors (Lipinski definition) is 0. The van der Waals surface area contributed by atoms with Crippen LogP contribution in [0, 0.1) is 6.92 Å². The molecule has 0 unspecified atom stereocenters. The van der Waals surface area contributed by atoms with Gasteiger partial charge in [-0.2, -0.15) is 9.61 Å². The van der Waals surface area contributed by atoms with Crippen molar-refractivity contribution in [2.75, 3.05) is 18.0 Å². The molecule has 0 atom stereocenters. The summed E-state index contributed by atoms with van der Waals surface area (Å²) in [5, 5.41) is 4.20. The number of aromatic nitrogens is 3. The van der Waals surface area contributed by atoms with Crippen LogP contribution in [0.5, 0.6) is 0 Å². The number of anilines is 1. The van der Waals surface area contributed by atoms with Crippen molar-refractivity contribution in [1.82, 2.24) is 14.6 Å². The first-order chi connectivity index (χ1) is 8.55. The highest BCUT2D eigenvalue weighted by atomic mass is 19.3. The van der Waals surface area contributed by atoms with E-state index in [1.165, 1.54) is 0 Å². The third-order valence-electron chi connectivity index (χ3n) is 3.29. The van der Waals surface area contributed by atoms with Gasteiger partial charge in [-0.15, -0.1) is 0 Å². The quantitative estimate of drug-likeness (QED) is 0.780. The Hall–Kier alpha value is -1.72. The molecule has 1 aliphatic rings. The van der Waals surface area contributed by atoms with Gasteiger partial charge in [-0.05, 0) is 6.92 Å². The number of nitrogens with zero attached hydrogens (tertiary/aromatic N) is 4. The van der Waals surface area contributed by atoms with Crippen molar-refractivity contribution in [3.8, 4) is 0 Å². The first kappa shape index (κ1) is 11.4. The van der Waals surface area contributed by atoms with Gasteiger partial charge in [0.25, 0.3) is 5.92 Å². The molecule has 1 saturated heterocycles. The lowest BCUT2D eigenvalue weighted by molar-refractivity contribution is -0.0222. The predicted octanol–water partition coefficient (Wildman–Crippen LogP) is 2.27. The van der Waals surface area contributed by atoms with Crippen LogP contribution < -0.4 is 4.90 Å². The summed E-state index contributed by atoms with van der Waals surface area (Å²) < 4.78 is 28.0. The molecule has 0 aliphatic carbocycles. The third-order valence-corrected chi connectivity index (χ3v) is 3.29. The lowest BCUT2D eigenvalue weighted by Crippen LogP contribution is -2.40. The summed E-state index contributed by atoms with van der Waals surface area (Å²) in [4.78, 5) is 6.30. The van der Waals surface area contributed by atoms with E-state index in [0.717, 1.165) is 17.2 Å². The lowest BCUT2D eigenvalue weighted by atomic mass is 10.1. The Kier molecular flexibility index (Phi) is 2.46. The van der Waals surface area contributed by atoms with E-state index in [4.69, 9.17) is 0 Å². The Morgan fingerprint density at radius 1 is 1.28 bits per heavy atom. The maximum absolute atomic E-state index is 13.2. The molecule has 0 saturated carbocycles. The van der Waals surface area contributed by atoms with Crippen molar-refractivity contribution in [3.05, 3.63) is 24.0 Å². The van der Waals surface area contributed by atoms with Crippen molar-refractivity contribution in [2.45, 2.75) is 25.7 Å². The molecule has 1 fully saturated rings. The highest BCUT2D eigenvalue weighted by Crippen LogP contribution is 2.30. The molecule has 0 radical (unpaired) electrons. The van der Waals surface area contributed by atoms with Crippen LogP contribution in [0.25, 0.3) is 5.65 Å². The topological polar surface area (TPSA) is 33.4 Å². The van der Waals surface area contributed by atoms with E-state index in [1.807, 2.05) is 24.0 Å².